The fourth-order valence-corrected chi connectivity index (χ4v) is 2.26. The summed E-state index contributed by atoms with van der Waals surface area (Å²) in [6.45, 7) is 12.8. The summed E-state index contributed by atoms with van der Waals surface area (Å²) in [7, 11) is 0. The predicted molar refractivity (Wildman–Crippen MR) is 83.1 cm³/mol. The minimum atomic E-state index is -0.892. The summed E-state index contributed by atoms with van der Waals surface area (Å²) >= 11 is 0. The standard InChI is InChI=1S/C13H23NO4.C3H8/c1-8(6-13(2,3)4)12(17)18-9-5-10(11(15)16)14-7-9;1-3-2/h8-10,14H,5-7H2,1-4H3,(H,15,16);3H2,1-2H3/t8?,9-,10+;/m1./s1. The first-order valence-electron chi connectivity index (χ1n) is 7.77. The molecule has 0 saturated carbocycles. The SMILES string of the molecule is CC(CC(C)(C)C)C(=O)O[C@H]1CN[C@H](C(=O)O)C1.CCC. The van der Waals surface area contributed by atoms with Gasteiger partial charge in [-0.15, -0.1) is 0 Å². The first kappa shape index (κ1) is 19.9. The van der Waals surface area contributed by atoms with E-state index in [0.717, 1.165) is 6.42 Å². The Hall–Kier alpha value is -1.10. The van der Waals surface area contributed by atoms with Gasteiger partial charge in [0.1, 0.15) is 12.1 Å². The fourth-order valence-electron chi connectivity index (χ4n) is 2.26. The average Bonchev–Trinajstić information content (AvgIpc) is 2.76. The number of aliphatic carboxylic acids is 1. The van der Waals surface area contributed by atoms with Gasteiger partial charge in [0.2, 0.25) is 0 Å². The fraction of sp³-hybridized carbons (Fsp3) is 0.875. The van der Waals surface area contributed by atoms with Crippen LogP contribution in [0.2, 0.25) is 0 Å². The summed E-state index contributed by atoms with van der Waals surface area (Å²) in [5, 5.41) is 11.6. The molecule has 1 unspecified atom stereocenters. The van der Waals surface area contributed by atoms with Crippen LogP contribution in [0.1, 0.15) is 60.8 Å². The van der Waals surface area contributed by atoms with E-state index in [2.05, 4.69) is 39.9 Å². The molecule has 2 N–H and O–H groups in total. The Labute approximate surface area is 128 Å². The molecule has 21 heavy (non-hydrogen) atoms. The van der Waals surface area contributed by atoms with Crippen LogP contribution in [0.5, 0.6) is 0 Å². The number of carboxylic acids is 1. The molecule has 0 amide bonds. The van der Waals surface area contributed by atoms with Gasteiger partial charge in [-0.3, -0.25) is 9.59 Å². The van der Waals surface area contributed by atoms with Crippen LogP contribution in [0.25, 0.3) is 0 Å². The Bertz CT molecular complexity index is 336. The number of rotatable bonds is 4. The number of carboxylic acid groups (broad SMARTS) is 1. The highest BCUT2D eigenvalue weighted by Crippen LogP contribution is 2.25. The number of carbonyl (C=O) groups is 2. The van der Waals surface area contributed by atoms with Gasteiger partial charge in [0.25, 0.3) is 0 Å². The van der Waals surface area contributed by atoms with E-state index in [9.17, 15) is 9.59 Å². The zero-order valence-electron chi connectivity index (χ0n) is 14.2. The van der Waals surface area contributed by atoms with Crippen molar-refractivity contribution in [3.63, 3.8) is 0 Å². The van der Waals surface area contributed by atoms with Crippen molar-refractivity contribution in [2.24, 2.45) is 11.3 Å². The lowest BCUT2D eigenvalue weighted by atomic mass is 9.85. The molecule has 1 fully saturated rings. The average molecular weight is 301 g/mol. The summed E-state index contributed by atoms with van der Waals surface area (Å²) in [6, 6.07) is -0.597. The largest absolute Gasteiger partial charge is 0.480 e. The van der Waals surface area contributed by atoms with Crippen molar-refractivity contribution < 1.29 is 19.4 Å². The lowest BCUT2D eigenvalue weighted by Gasteiger charge is -2.23. The minimum Gasteiger partial charge on any atom is -0.480 e. The van der Waals surface area contributed by atoms with Gasteiger partial charge >= 0.3 is 11.9 Å². The zero-order chi connectivity index (χ0) is 16.6. The van der Waals surface area contributed by atoms with Crippen molar-refractivity contribution in [2.75, 3.05) is 6.54 Å². The Morgan fingerprint density at radius 2 is 1.86 bits per heavy atom. The summed E-state index contributed by atoms with van der Waals surface area (Å²) in [5.74, 6) is -1.28. The van der Waals surface area contributed by atoms with Crippen molar-refractivity contribution in [1.29, 1.82) is 0 Å². The Morgan fingerprint density at radius 1 is 1.33 bits per heavy atom. The molecule has 1 aliphatic rings. The second kappa shape index (κ2) is 9.03. The van der Waals surface area contributed by atoms with Gasteiger partial charge in [-0.25, -0.2) is 0 Å². The smallest absolute Gasteiger partial charge is 0.320 e. The first-order chi connectivity index (χ1) is 9.60. The number of carbonyl (C=O) groups excluding carboxylic acids is 1. The predicted octanol–water partition coefficient (Wildman–Crippen LogP) is 2.83. The van der Waals surface area contributed by atoms with Crippen molar-refractivity contribution in [3.05, 3.63) is 0 Å². The monoisotopic (exact) mass is 301 g/mol. The maximum Gasteiger partial charge on any atom is 0.320 e. The lowest BCUT2D eigenvalue weighted by molar-refractivity contribution is -0.154. The van der Waals surface area contributed by atoms with Crippen LogP contribution >= 0.6 is 0 Å². The van der Waals surface area contributed by atoms with Crippen LogP contribution in [0.4, 0.5) is 0 Å². The quantitative estimate of drug-likeness (QED) is 0.781. The van der Waals surface area contributed by atoms with Gasteiger partial charge in [0.15, 0.2) is 0 Å². The van der Waals surface area contributed by atoms with Crippen LogP contribution < -0.4 is 5.32 Å². The molecular weight excluding hydrogens is 270 g/mol. The van der Waals surface area contributed by atoms with Gasteiger partial charge in [-0.05, 0) is 11.8 Å². The molecule has 0 aromatic carbocycles. The van der Waals surface area contributed by atoms with E-state index in [1.165, 1.54) is 6.42 Å². The molecule has 5 heteroatoms. The molecule has 5 nitrogen and oxygen atoms in total. The van der Waals surface area contributed by atoms with Crippen LogP contribution in [0.15, 0.2) is 0 Å². The molecule has 0 aromatic heterocycles. The summed E-state index contributed by atoms with van der Waals surface area (Å²) < 4.78 is 5.33. The van der Waals surface area contributed by atoms with E-state index in [4.69, 9.17) is 9.84 Å². The first-order valence-corrected chi connectivity index (χ1v) is 7.77. The van der Waals surface area contributed by atoms with Crippen molar-refractivity contribution in [2.45, 2.75) is 73.0 Å². The van der Waals surface area contributed by atoms with E-state index >= 15 is 0 Å². The molecule has 3 atom stereocenters. The summed E-state index contributed by atoms with van der Waals surface area (Å²) in [6.07, 6.45) is 2.04. The molecule has 124 valence electrons. The van der Waals surface area contributed by atoms with Crippen LogP contribution in [0, 0.1) is 11.3 Å². The molecule has 0 radical (unpaired) electrons. The minimum absolute atomic E-state index is 0.0793. The van der Waals surface area contributed by atoms with Gasteiger partial charge in [0.05, 0.1) is 5.92 Å². The van der Waals surface area contributed by atoms with E-state index in [-0.39, 0.29) is 23.4 Å². The highest BCUT2D eigenvalue weighted by molar-refractivity contribution is 5.75. The molecule has 0 aliphatic carbocycles. The van der Waals surface area contributed by atoms with E-state index in [1.807, 2.05) is 6.92 Å². The normalized spacial score (nSPS) is 23.0. The number of hydrogen-bond acceptors (Lipinski definition) is 4. The number of esters is 1. The summed E-state index contributed by atoms with van der Waals surface area (Å²) in [5.41, 5.74) is 0.0793. The highest BCUT2D eigenvalue weighted by Gasteiger charge is 2.33. The van der Waals surface area contributed by atoms with E-state index in [1.54, 1.807) is 0 Å². The molecule has 1 heterocycles. The maximum atomic E-state index is 11.9. The van der Waals surface area contributed by atoms with Crippen molar-refractivity contribution >= 4 is 11.9 Å². The molecule has 0 aromatic rings. The van der Waals surface area contributed by atoms with Gasteiger partial charge in [-0.2, -0.15) is 0 Å². The maximum absolute atomic E-state index is 11.9. The van der Waals surface area contributed by atoms with Crippen LogP contribution in [0.3, 0.4) is 0 Å². The Kier molecular flexibility index (Phi) is 8.55. The van der Waals surface area contributed by atoms with Crippen LogP contribution in [-0.4, -0.2) is 35.7 Å². The topological polar surface area (TPSA) is 75.6 Å². The van der Waals surface area contributed by atoms with Crippen LogP contribution in [-0.2, 0) is 14.3 Å². The second-order valence-corrected chi connectivity index (χ2v) is 6.97. The zero-order valence-corrected chi connectivity index (χ0v) is 14.2. The van der Waals surface area contributed by atoms with E-state index < -0.39 is 12.0 Å². The molecule has 0 bridgehead atoms. The van der Waals surface area contributed by atoms with Crippen molar-refractivity contribution in [1.82, 2.24) is 5.32 Å². The van der Waals surface area contributed by atoms with Gasteiger partial charge < -0.3 is 15.2 Å². The molecule has 1 saturated heterocycles. The lowest BCUT2D eigenvalue weighted by Crippen LogP contribution is -2.30. The summed E-state index contributed by atoms with van der Waals surface area (Å²) in [4.78, 5) is 22.6. The molecule has 1 rings (SSSR count). The second-order valence-electron chi connectivity index (χ2n) is 6.97. The Morgan fingerprint density at radius 3 is 2.24 bits per heavy atom. The van der Waals surface area contributed by atoms with Crippen molar-refractivity contribution in [3.8, 4) is 0 Å². The van der Waals surface area contributed by atoms with Gasteiger partial charge in [0, 0.05) is 13.0 Å². The third-order valence-electron chi connectivity index (χ3n) is 2.99. The number of hydrogen-bond donors (Lipinski definition) is 2. The van der Waals surface area contributed by atoms with Gasteiger partial charge in [-0.1, -0.05) is 48.0 Å². The third kappa shape index (κ3) is 8.71. The molecular formula is C16H31NO4. The number of nitrogens with one attached hydrogen (secondary N) is 1. The Balaban J connectivity index is 0.00000122. The number of ether oxygens (including phenoxy) is 1. The van der Waals surface area contributed by atoms with E-state index in [0.29, 0.717) is 13.0 Å². The third-order valence-corrected chi connectivity index (χ3v) is 2.99. The molecule has 0 spiro atoms. The highest BCUT2D eigenvalue weighted by atomic mass is 16.5. The molecule has 1 aliphatic heterocycles.